The van der Waals surface area contributed by atoms with E-state index in [4.69, 9.17) is 0 Å². The van der Waals surface area contributed by atoms with Crippen LogP contribution in [-0.2, 0) is 17.1 Å². The fourth-order valence-corrected chi connectivity index (χ4v) is 4.75. The standard InChI is InChI=1S/C23H19FN2O3S/c1-15-4-10-19(11-5-15)30(28,29)26-13-12-20-21(14-25(3)23(27)22(20)26)16(2)17-6-8-18(24)9-7-17/h4-14H,2H2,1,3H3. The minimum atomic E-state index is -3.97. The highest BCUT2D eigenvalue weighted by atomic mass is 32.2. The molecule has 5 nitrogen and oxygen atoms in total. The second kappa shape index (κ2) is 7.11. The molecule has 0 radical (unpaired) electrons. The lowest BCUT2D eigenvalue weighted by molar-refractivity contribution is 0.589. The minimum Gasteiger partial charge on any atom is -0.316 e. The Balaban J connectivity index is 1.95. The zero-order valence-corrected chi connectivity index (χ0v) is 17.3. The summed E-state index contributed by atoms with van der Waals surface area (Å²) in [5.41, 5.74) is 2.35. The van der Waals surface area contributed by atoms with Gasteiger partial charge in [-0.1, -0.05) is 36.4 Å². The average Bonchev–Trinajstić information content (AvgIpc) is 3.17. The van der Waals surface area contributed by atoms with Gasteiger partial charge in [0, 0.05) is 30.4 Å². The van der Waals surface area contributed by atoms with Crippen LogP contribution in [-0.4, -0.2) is 17.0 Å². The van der Waals surface area contributed by atoms with Crippen LogP contribution in [0.1, 0.15) is 16.7 Å². The summed E-state index contributed by atoms with van der Waals surface area (Å²) in [5.74, 6) is -0.368. The highest BCUT2D eigenvalue weighted by Crippen LogP contribution is 2.29. The summed E-state index contributed by atoms with van der Waals surface area (Å²) in [6.07, 6.45) is 2.99. The third-order valence-electron chi connectivity index (χ3n) is 5.08. The zero-order valence-electron chi connectivity index (χ0n) is 16.5. The Morgan fingerprint density at radius 2 is 1.63 bits per heavy atom. The lowest BCUT2D eigenvalue weighted by atomic mass is 9.98. The van der Waals surface area contributed by atoms with Crippen LogP contribution in [0.25, 0.3) is 16.5 Å². The molecule has 0 spiro atoms. The fraction of sp³-hybridized carbons (Fsp3) is 0.0870. The predicted molar refractivity (Wildman–Crippen MR) is 115 cm³/mol. The molecule has 152 valence electrons. The molecule has 4 rings (SSSR count). The summed E-state index contributed by atoms with van der Waals surface area (Å²) in [6, 6.07) is 13.9. The Labute approximate surface area is 173 Å². The first kappa shape index (κ1) is 19.8. The van der Waals surface area contributed by atoms with Gasteiger partial charge in [-0.15, -0.1) is 0 Å². The molecular weight excluding hydrogens is 403 g/mol. The summed E-state index contributed by atoms with van der Waals surface area (Å²) >= 11 is 0. The molecule has 0 aliphatic carbocycles. The number of nitrogens with zero attached hydrogens (tertiary/aromatic N) is 2. The molecule has 4 aromatic rings. The molecule has 2 aromatic carbocycles. The van der Waals surface area contributed by atoms with E-state index in [2.05, 4.69) is 6.58 Å². The summed E-state index contributed by atoms with van der Waals surface area (Å²) in [4.78, 5) is 13.0. The SMILES string of the molecule is C=C(c1ccc(F)cc1)c1cn(C)c(=O)c2c1ccn2S(=O)(=O)c1ccc(C)cc1. The fourth-order valence-electron chi connectivity index (χ4n) is 3.40. The van der Waals surface area contributed by atoms with Gasteiger partial charge in [-0.3, -0.25) is 4.79 Å². The van der Waals surface area contributed by atoms with Crippen LogP contribution >= 0.6 is 0 Å². The molecule has 0 amide bonds. The quantitative estimate of drug-likeness (QED) is 0.498. The number of fused-ring (bicyclic) bond motifs is 1. The van der Waals surface area contributed by atoms with Crippen LogP contribution < -0.4 is 5.56 Å². The van der Waals surface area contributed by atoms with Gasteiger partial charge in [-0.25, -0.2) is 16.8 Å². The van der Waals surface area contributed by atoms with Crippen molar-refractivity contribution in [3.05, 3.63) is 106 Å². The number of pyridine rings is 1. The van der Waals surface area contributed by atoms with E-state index in [0.29, 0.717) is 22.1 Å². The van der Waals surface area contributed by atoms with E-state index in [1.807, 2.05) is 6.92 Å². The van der Waals surface area contributed by atoms with Crippen molar-refractivity contribution < 1.29 is 12.8 Å². The molecule has 0 N–H and O–H groups in total. The summed E-state index contributed by atoms with van der Waals surface area (Å²) in [7, 11) is -2.41. The maximum atomic E-state index is 13.3. The van der Waals surface area contributed by atoms with Gasteiger partial charge in [-0.2, -0.15) is 0 Å². The monoisotopic (exact) mass is 422 g/mol. The highest BCUT2D eigenvalue weighted by molar-refractivity contribution is 7.90. The second-order valence-corrected chi connectivity index (χ2v) is 8.95. The molecular formula is C23H19FN2O3S. The lowest BCUT2D eigenvalue weighted by Crippen LogP contribution is -2.22. The summed E-state index contributed by atoms with van der Waals surface area (Å²) in [5, 5.41) is 0.461. The van der Waals surface area contributed by atoms with Crippen molar-refractivity contribution >= 4 is 26.5 Å². The molecule has 0 saturated heterocycles. The van der Waals surface area contributed by atoms with E-state index >= 15 is 0 Å². The van der Waals surface area contributed by atoms with Crippen molar-refractivity contribution in [3.8, 4) is 0 Å². The molecule has 0 atom stereocenters. The van der Waals surface area contributed by atoms with Gasteiger partial charge >= 0.3 is 0 Å². The molecule has 7 heteroatoms. The van der Waals surface area contributed by atoms with Crippen LogP contribution in [0.15, 0.2) is 83.3 Å². The van der Waals surface area contributed by atoms with Crippen LogP contribution in [0, 0.1) is 12.7 Å². The highest BCUT2D eigenvalue weighted by Gasteiger charge is 2.23. The molecule has 0 aliphatic rings. The van der Waals surface area contributed by atoms with Gasteiger partial charge in [0.25, 0.3) is 15.6 Å². The van der Waals surface area contributed by atoms with Gasteiger partial charge in [0.1, 0.15) is 11.3 Å². The number of halogens is 1. The molecule has 0 bridgehead atoms. The molecule has 2 heterocycles. The van der Waals surface area contributed by atoms with E-state index in [-0.39, 0.29) is 16.2 Å². The average molecular weight is 422 g/mol. The number of benzene rings is 2. The summed E-state index contributed by atoms with van der Waals surface area (Å²) in [6.45, 7) is 5.95. The topological polar surface area (TPSA) is 61.1 Å². The third kappa shape index (κ3) is 3.17. The van der Waals surface area contributed by atoms with Crippen molar-refractivity contribution in [2.75, 3.05) is 0 Å². The Morgan fingerprint density at radius 3 is 2.27 bits per heavy atom. The van der Waals surface area contributed by atoms with Gasteiger partial charge < -0.3 is 4.57 Å². The Bertz CT molecular complexity index is 1450. The molecule has 0 saturated carbocycles. The number of aryl methyl sites for hydroxylation is 2. The number of hydrogen-bond acceptors (Lipinski definition) is 3. The van der Waals surface area contributed by atoms with Gasteiger partial charge in [0.15, 0.2) is 0 Å². The smallest absolute Gasteiger partial charge is 0.275 e. The number of aromatic nitrogens is 2. The van der Waals surface area contributed by atoms with Gasteiger partial charge in [0.2, 0.25) is 0 Å². The second-order valence-electron chi connectivity index (χ2n) is 7.14. The molecule has 30 heavy (non-hydrogen) atoms. The van der Waals surface area contributed by atoms with E-state index < -0.39 is 15.6 Å². The maximum absolute atomic E-state index is 13.3. The molecule has 0 aliphatic heterocycles. The van der Waals surface area contributed by atoms with Crippen LogP contribution in [0.5, 0.6) is 0 Å². The molecule has 0 unspecified atom stereocenters. The van der Waals surface area contributed by atoms with Crippen LogP contribution in [0.3, 0.4) is 0 Å². The molecule has 2 aromatic heterocycles. The Morgan fingerprint density at radius 1 is 1.00 bits per heavy atom. The van der Waals surface area contributed by atoms with Gasteiger partial charge in [-0.05, 0) is 48.4 Å². The number of rotatable bonds is 4. The van der Waals surface area contributed by atoms with E-state index in [1.54, 1.807) is 43.6 Å². The van der Waals surface area contributed by atoms with Crippen LogP contribution in [0.2, 0.25) is 0 Å². The van der Waals surface area contributed by atoms with Crippen molar-refractivity contribution in [1.82, 2.24) is 8.54 Å². The van der Waals surface area contributed by atoms with Crippen molar-refractivity contribution in [2.24, 2.45) is 7.05 Å². The van der Waals surface area contributed by atoms with Gasteiger partial charge in [0.05, 0.1) is 4.90 Å². The first-order valence-electron chi connectivity index (χ1n) is 9.18. The van der Waals surface area contributed by atoms with Crippen molar-refractivity contribution in [3.63, 3.8) is 0 Å². The summed E-state index contributed by atoms with van der Waals surface area (Å²) < 4.78 is 42.1. The van der Waals surface area contributed by atoms with Crippen molar-refractivity contribution in [2.45, 2.75) is 11.8 Å². The van der Waals surface area contributed by atoms with E-state index in [0.717, 1.165) is 9.54 Å². The number of hydrogen-bond donors (Lipinski definition) is 0. The first-order chi connectivity index (χ1) is 14.2. The third-order valence-corrected chi connectivity index (χ3v) is 6.77. The minimum absolute atomic E-state index is 0.0406. The first-order valence-corrected chi connectivity index (χ1v) is 10.6. The van der Waals surface area contributed by atoms with Crippen molar-refractivity contribution in [1.29, 1.82) is 0 Å². The largest absolute Gasteiger partial charge is 0.316 e. The Hall–Kier alpha value is -3.45. The van der Waals surface area contributed by atoms with Crippen LogP contribution in [0.4, 0.5) is 4.39 Å². The van der Waals surface area contributed by atoms with E-state index in [1.165, 1.54) is 35.0 Å². The lowest BCUT2D eigenvalue weighted by Gasteiger charge is -2.12. The maximum Gasteiger partial charge on any atom is 0.275 e. The predicted octanol–water partition coefficient (Wildman–Crippen LogP) is 4.09. The normalized spacial score (nSPS) is 11.7. The van der Waals surface area contributed by atoms with E-state index in [9.17, 15) is 17.6 Å². The Kier molecular flexibility index (Phi) is 4.70. The molecule has 0 fully saturated rings. The zero-order chi connectivity index (χ0) is 21.6.